The van der Waals surface area contributed by atoms with Gasteiger partial charge in [-0.1, -0.05) is 12.1 Å². The van der Waals surface area contributed by atoms with Crippen molar-refractivity contribution in [1.82, 2.24) is 15.5 Å². The van der Waals surface area contributed by atoms with Crippen molar-refractivity contribution < 1.29 is 19.1 Å². The smallest absolute Gasteiger partial charge is 0.322 e. The van der Waals surface area contributed by atoms with E-state index in [4.69, 9.17) is 4.74 Å². The van der Waals surface area contributed by atoms with Crippen LogP contribution in [0.4, 0.5) is 4.79 Å². The fraction of sp³-hybridized carbons (Fsp3) is 0.438. The predicted molar refractivity (Wildman–Crippen MR) is 83.8 cm³/mol. The Kier molecular flexibility index (Phi) is 5.56. The monoisotopic (exact) mass is 319 g/mol. The van der Waals surface area contributed by atoms with Crippen LogP contribution in [0.1, 0.15) is 25.3 Å². The zero-order chi connectivity index (χ0) is 16.8. The minimum absolute atomic E-state index is 0.0442. The van der Waals surface area contributed by atoms with Gasteiger partial charge < -0.3 is 15.0 Å². The summed E-state index contributed by atoms with van der Waals surface area (Å²) >= 11 is 0. The first kappa shape index (κ1) is 16.8. The quantitative estimate of drug-likeness (QED) is 0.735. The van der Waals surface area contributed by atoms with Crippen LogP contribution < -0.4 is 15.4 Å². The molecule has 23 heavy (non-hydrogen) atoms. The summed E-state index contributed by atoms with van der Waals surface area (Å²) < 4.78 is 5.11. The summed E-state index contributed by atoms with van der Waals surface area (Å²) in [5.41, 5.74) is 1.01. The van der Waals surface area contributed by atoms with Crippen LogP contribution in [0.2, 0.25) is 0 Å². The molecule has 0 aliphatic carbocycles. The standard InChI is InChI=1S/C16H21N3O4/c1-3-19(10-11-4-6-12(23-2)7-5-11)14(20)9-8-13-15(21)18-16(22)17-13/h4-7,13H,3,8-10H2,1-2H3,(H2,17,18,21,22). The first-order chi connectivity index (χ1) is 11.0. The number of hydrogen-bond acceptors (Lipinski definition) is 4. The van der Waals surface area contributed by atoms with E-state index < -0.39 is 12.1 Å². The Morgan fingerprint density at radius 2 is 1.96 bits per heavy atom. The van der Waals surface area contributed by atoms with E-state index in [0.717, 1.165) is 11.3 Å². The first-order valence-corrected chi connectivity index (χ1v) is 7.55. The van der Waals surface area contributed by atoms with Gasteiger partial charge in [0.2, 0.25) is 5.91 Å². The Morgan fingerprint density at radius 3 is 2.48 bits per heavy atom. The highest BCUT2D eigenvalue weighted by Gasteiger charge is 2.29. The first-order valence-electron chi connectivity index (χ1n) is 7.55. The molecule has 1 aliphatic rings. The number of nitrogens with one attached hydrogen (secondary N) is 2. The number of nitrogens with zero attached hydrogens (tertiary/aromatic N) is 1. The number of hydrogen-bond donors (Lipinski definition) is 2. The molecule has 124 valence electrons. The van der Waals surface area contributed by atoms with Crippen molar-refractivity contribution >= 4 is 17.8 Å². The number of carbonyl (C=O) groups is 3. The van der Waals surface area contributed by atoms with Crippen molar-refractivity contribution in [2.24, 2.45) is 0 Å². The molecule has 0 saturated carbocycles. The van der Waals surface area contributed by atoms with Crippen LogP contribution in [-0.2, 0) is 16.1 Å². The number of amides is 4. The van der Waals surface area contributed by atoms with Crippen molar-refractivity contribution in [3.63, 3.8) is 0 Å². The molecule has 1 aliphatic heterocycles. The van der Waals surface area contributed by atoms with Gasteiger partial charge in [0.1, 0.15) is 11.8 Å². The molecule has 2 N–H and O–H groups in total. The number of ether oxygens (including phenoxy) is 1. The number of benzene rings is 1. The van der Waals surface area contributed by atoms with Crippen molar-refractivity contribution in [2.45, 2.75) is 32.4 Å². The number of carbonyl (C=O) groups excluding carboxylic acids is 3. The second kappa shape index (κ2) is 7.62. The second-order valence-corrected chi connectivity index (χ2v) is 5.31. The SMILES string of the molecule is CCN(Cc1ccc(OC)cc1)C(=O)CCC1NC(=O)NC1=O. The molecular weight excluding hydrogens is 298 g/mol. The molecule has 1 aromatic carbocycles. The molecule has 1 saturated heterocycles. The molecule has 0 spiro atoms. The third kappa shape index (κ3) is 4.45. The minimum Gasteiger partial charge on any atom is -0.497 e. The van der Waals surface area contributed by atoms with Gasteiger partial charge in [0.25, 0.3) is 5.91 Å². The third-order valence-electron chi connectivity index (χ3n) is 3.77. The summed E-state index contributed by atoms with van der Waals surface area (Å²) in [5, 5.41) is 4.65. The average Bonchev–Trinajstić information content (AvgIpc) is 2.88. The molecule has 0 bridgehead atoms. The van der Waals surface area contributed by atoms with Crippen LogP contribution in [0.15, 0.2) is 24.3 Å². The summed E-state index contributed by atoms with van der Waals surface area (Å²) in [5.74, 6) is 0.351. The Morgan fingerprint density at radius 1 is 1.26 bits per heavy atom. The Hall–Kier alpha value is -2.57. The average molecular weight is 319 g/mol. The van der Waals surface area contributed by atoms with Crippen LogP contribution in [0.25, 0.3) is 0 Å². The highest BCUT2D eigenvalue weighted by Crippen LogP contribution is 2.14. The van der Waals surface area contributed by atoms with Crippen molar-refractivity contribution in [3.05, 3.63) is 29.8 Å². The van der Waals surface area contributed by atoms with Gasteiger partial charge in [-0.05, 0) is 31.0 Å². The summed E-state index contributed by atoms with van der Waals surface area (Å²) in [6.45, 7) is 2.99. The summed E-state index contributed by atoms with van der Waals surface area (Å²) in [7, 11) is 1.61. The van der Waals surface area contributed by atoms with E-state index in [1.165, 1.54) is 0 Å². The normalized spacial score (nSPS) is 16.7. The zero-order valence-electron chi connectivity index (χ0n) is 13.3. The fourth-order valence-corrected chi connectivity index (χ4v) is 2.42. The molecule has 7 heteroatoms. The van der Waals surface area contributed by atoms with E-state index in [9.17, 15) is 14.4 Å². The predicted octanol–water partition coefficient (Wildman–Crippen LogP) is 1.03. The number of imide groups is 1. The molecule has 0 aromatic heterocycles. The maximum atomic E-state index is 12.3. The van der Waals surface area contributed by atoms with E-state index in [0.29, 0.717) is 19.5 Å². The maximum Gasteiger partial charge on any atom is 0.322 e. The van der Waals surface area contributed by atoms with Gasteiger partial charge in [-0.15, -0.1) is 0 Å². The lowest BCUT2D eigenvalue weighted by Gasteiger charge is -2.21. The number of methoxy groups -OCH3 is 1. The van der Waals surface area contributed by atoms with E-state index in [2.05, 4.69) is 10.6 Å². The Bertz CT molecular complexity index is 585. The Labute approximate surface area is 135 Å². The van der Waals surface area contributed by atoms with E-state index in [1.807, 2.05) is 31.2 Å². The second-order valence-electron chi connectivity index (χ2n) is 5.31. The summed E-state index contributed by atoms with van der Waals surface area (Å²) in [6, 6.07) is 6.42. The van der Waals surface area contributed by atoms with Gasteiger partial charge in [0.05, 0.1) is 7.11 Å². The molecule has 1 unspecified atom stereocenters. The van der Waals surface area contributed by atoms with E-state index in [1.54, 1.807) is 12.0 Å². The third-order valence-corrected chi connectivity index (χ3v) is 3.77. The lowest BCUT2D eigenvalue weighted by Crippen LogP contribution is -2.34. The Balaban J connectivity index is 1.87. The highest BCUT2D eigenvalue weighted by atomic mass is 16.5. The van der Waals surface area contributed by atoms with Gasteiger partial charge in [-0.2, -0.15) is 0 Å². The van der Waals surface area contributed by atoms with Gasteiger partial charge in [0.15, 0.2) is 0 Å². The molecule has 4 amide bonds. The summed E-state index contributed by atoms with van der Waals surface area (Å²) in [6.07, 6.45) is 0.512. The van der Waals surface area contributed by atoms with E-state index in [-0.39, 0.29) is 18.2 Å². The van der Waals surface area contributed by atoms with Gasteiger partial charge in [-0.25, -0.2) is 4.79 Å². The summed E-state index contributed by atoms with van der Waals surface area (Å²) in [4.78, 5) is 36.5. The van der Waals surface area contributed by atoms with Crippen LogP contribution in [0, 0.1) is 0 Å². The molecule has 1 heterocycles. The number of urea groups is 1. The van der Waals surface area contributed by atoms with Crippen LogP contribution in [-0.4, -0.2) is 42.4 Å². The maximum absolute atomic E-state index is 12.3. The number of rotatable bonds is 7. The van der Waals surface area contributed by atoms with Crippen LogP contribution in [0.5, 0.6) is 5.75 Å². The molecular formula is C16H21N3O4. The van der Waals surface area contributed by atoms with Gasteiger partial charge >= 0.3 is 6.03 Å². The molecule has 2 rings (SSSR count). The zero-order valence-corrected chi connectivity index (χ0v) is 13.3. The van der Waals surface area contributed by atoms with Gasteiger partial charge in [-0.3, -0.25) is 14.9 Å². The lowest BCUT2D eigenvalue weighted by atomic mass is 10.1. The van der Waals surface area contributed by atoms with Gasteiger partial charge in [0, 0.05) is 19.5 Å². The topological polar surface area (TPSA) is 87.7 Å². The van der Waals surface area contributed by atoms with E-state index >= 15 is 0 Å². The molecule has 1 aromatic rings. The molecule has 1 atom stereocenters. The fourth-order valence-electron chi connectivity index (χ4n) is 2.42. The van der Waals surface area contributed by atoms with Crippen molar-refractivity contribution in [1.29, 1.82) is 0 Å². The molecule has 0 radical (unpaired) electrons. The highest BCUT2D eigenvalue weighted by molar-refractivity contribution is 6.04. The largest absolute Gasteiger partial charge is 0.497 e. The van der Waals surface area contributed by atoms with Crippen LogP contribution >= 0.6 is 0 Å². The molecule has 1 fully saturated rings. The van der Waals surface area contributed by atoms with Crippen molar-refractivity contribution in [3.8, 4) is 5.75 Å². The van der Waals surface area contributed by atoms with Crippen molar-refractivity contribution in [2.75, 3.05) is 13.7 Å². The lowest BCUT2D eigenvalue weighted by molar-refractivity contribution is -0.131. The molecule has 7 nitrogen and oxygen atoms in total. The van der Waals surface area contributed by atoms with Crippen LogP contribution in [0.3, 0.4) is 0 Å². The minimum atomic E-state index is -0.619.